The summed E-state index contributed by atoms with van der Waals surface area (Å²) in [6.07, 6.45) is 0. The van der Waals surface area contributed by atoms with Crippen LogP contribution in [0.3, 0.4) is 0 Å². The van der Waals surface area contributed by atoms with E-state index >= 15 is 0 Å². The molecule has 0 aliphatic heterocycles. The van der Waals surface area contributed by atoms with Crippen molar-refractivity contribution in [2.75, 3.05) is 12.4 Å². The summed E-state index contributed by atoms with van der Waals surface area (Å²) in [5.41, 5.74) is 0.861. The van der Waals surface area contributed by atoms with E-state index in [9.17, 15) is 5.11 Å². The van der Waals surface area contributed by atoms with Gasteiger partial charge < -0.3 is 15.2 Å². The molecule has 0 fully saturated rings. The summed E-state index contributed by atoms with van der Waals surface area (Å²) < 4.78 is 5.08. The Morgan fingerprint density at radius 3 is 2.19 bits per heavy atom. The molecule has 5 heteroatoms. The first kappa shape index (κ1) is 14.0. The fourth-order valence-corrected chi connectivity index (χ4v) is 3.80. The summed E-state index contributed by atoms with van der Waals surface area (Å²) >= 11 is 3.43. The van der Waals surface area contributed by atoms with E-state index < -0.39 is 0 Å². The number of hydrogen-bond acceptors (Lipinski definition) is 5. The summed E-state index contributed by atoms with van der Waals surface area (Å²) in [6, 6.07) is 13.8. The van der Waals surface area contributed by atoms with Gasteiger partial charge in [-0.25, -0.2) is 0 Å². The molecule has 3 rings (SSSR count). The van der Waals surface area contributed by atoms with Crippen LogP contribution in [0.2, 0.25) is 0 Å². The van der Waals surface area contributed by atoms with Crippen LogP contribution in [-0.4, -0.2) is 12.2 Å². The predicted molar refractivity (Wildman–Crippen MR) is 88.8 cm³/mol. The lowest BCUT2D eigenvalue weighted by atomic mass is 10.1. The zero-order valence-electron chi connectivity index (χ0n) is 11.4. The van der Waals surface area contributed by atoms with Crippen LogP contribution in [0, 0.1) is 0 Å². The van der Waals surface area contributed by atoms with Crippen molar-refractivity contribution in [3.8, 4) is 11.5 Å². The second-order valence-corrected chi connectivity index (χ2v) is 6.45. The molecule has 0 aliphatic rings. The molecule has 0 amide bonds. The van der Waals surface area contributed by atoms with Gasteiger partial charge in [0.25, 0.3) is 0 Å². The van der Waals surface area contributed by atoms with Gasteiger partial charge in [-0.1, -0.05) is 12.1 Å². The molecule has 1 aromatic carbocycles. The average Bonchev–Trinajstić information content (AvgIpc) is 3.18. The minimum absolute atomic E-state index is 0.0952. The number of ether oxygens (including phenoxy) is 1. The quantitative estimate of drug-likeness (QED) is 0.715. The first-order chi connectivity index (χ1) is 10.3. The van der Waals surface area contributed by atoms with Crippen LogP contribution in [0.25, 0.3) is 0 Å². The standard InChI is InChI=1S/C16H15NO2S2/c1-19-13-7-6-11(10-12(13)18)17-16(14-4-2-8-20-14)15-5-3-9-21-15/h2-10,16-18H,1H3. The van der Waals surface area contributed by atoms with Crippen molar-refractivity contribution in [3.05, 3.63) is 63.0 Å². The Bertz CT molecular complexity index is 659. The molecule has 2 N–H and O–H groups in total. The van der Waals surface area contributed by atoms with E-state index in [0.29, 0.717) is 5.75 Å². The van der Waals surface area contributed by atoms with E-state index in [0.717, 1.165) is 5.69 Å². The van der Waals surface area contributed by atoms with E-state index in [-0.39, 0.29) is 11.8 Å². The normalized spacial score (nSPS) is 10.8. The molecule has 108 valence electrons. The maximum Gasteiger partial charge on any atom is 0.160 e. The molecule has 0 spiro atoms. The zero-order chi connectivity index (χ0) is 14.7. The maximum absolute atomic E-state index is 9.91. The van der Waals surface area contributed by atoms with Crippen molar-refractivity contribution in [2.24, 2.45) is 0 Å². The van der Waals surface area contributed by atoms with Crippen LogP contribution in [0.1, 0.15) is 15.8 Å². The van der Waals surface area contributed by atoms with Crippen molar-refractivity contribution >= 4 is 28.4 Å². The molecule has 3 nitrogen and oxygen atoms in total. The van der Waals surface area contributed by atoms with Crippen molar-refractivity contribution in [2.45, 2.75) is 6.04 Å². The largest absolute Gasteiger partial charge is 0.504 e. The van der Waals surface area contributed by atoms with Crippen LogP contribution >= 0.6 is 22.7 Å². The summed E-state index contributed by atoms with van der Waals surface area (Å²) in [4.78, 5) is 2.49. The van der Waals surface area contributed by atoms with Gasteiger partial charge in [-0.05, 0) is 35.0 Å². The Hall–Kier alpha value is -1.98. The minimum atomic E-state index is 0.0952. The van der Waals surface area contributed by atoms with Gasteiger partial charge in [0, 0.05) is 21.5 Å². The Morgan fingerprint density at radius 2 is 1.71 bits per heavy atom. The summed E-state index contributed by atoms with van der Waals surface area (Å²) in [6.45, 7) is 0. The number of nitrogens with one attached hydrogen (secondary N) is 1. The number of anilines is 1. The smallest absolute Gasteiger partial charge is 0.160 e. The van der Waals surface area contributed by atoms with Crippen LogP contribution in [-0.2, 0) is 0 Å². The van der Waals surface area contributed by atoms with Crippen molar-refractivity contribution in [1.82, 2.24) is 0 Å². The van der Waals surface area contributed by atoms with Gasteiger partial charge in [-0.3, -0.25) is 0 Å². The number of hydrogen-bond donors (Lipinski definition) is 2. The Labute approximate surface area is 131 Å². The molecule has 0 radical (unpaired) electrons. The third-order valence-electron chi connectivity index (χ3n) is 3.15. The Balaban J connectivity index is 1.90. The summed E-state index contributed by atoms with van der Waals surface area (Å²) in [5, 5.41) is 17.5. The number of thiophene rings is 2. The molecular weight excluding hydrogens is 302 g/mol. The number of aromatic hydroxyl groups is 1. The van der Waals surface area contributed by atoms with Crippen LogP contribution < -0.4 is 10.1 Å². The van der Waals surface area contributed by atoms with Crippen LogP contribution in [0.5, 0.6) is 11.5 Å². The van der Waals surface area contributed by atoms with Crippen LogP contribution in [0.4, 0.5) is 5.69 Å². The second kappa shape index (κ2) is 6.20. The molecule has 2 aromatic heterocycles. The third-order valence-corrected chi connectivity index (χ3v) is 5.02. The van der Waals surface area contributed by atoms with Crippen molar-refractivity contribution in [3.63, 3.8) is 0 Å². The number of phenolic OH excluding ortho intramolecular Hbond substituents is 1. The summed E-state index contributed by atoms with van der Waals surface area (Å²) in [5.74, 6) is 0.614. The molecule has 0 saturated carbocycles. The van der Waals surface area contributed by atoms with E-state index in [4.69, 9.17) is 4.74 Å². The SMILES string of the molecule is COc1ccc(NC(c2cccs2)c2cccs2)cc1O. The molecule has 0 unspecified atom stereocenters. The lowest BCUT2D eigenvalue weighted by Gasteiger charge is -2.18. The van der Waals surface area contributed by atoms with Crippen molar-refractivity contribution in [1.29, 1.82) is 0 Å². The van der Waals surface area contributed by atoms with E-state index in [1.54, 1.807) is 41.9 Å². The maximum atomic E-state index is 9.91. The summed E-state index contributed by atoms with van der Waals surface area (Å²) in [7, 11) is 1.54. The molecule has 3 aromatic rings. The molecule has 21 heavy (non-hydrogen) atoms. The van der Waals surface area contributed by atoms with E-state index in [1.807, 2.05) is 18.2 Å². The Morgan fingerprint density at radius 1 is 1.05 bits per heavy atom. The Kier molecular flexibility index (Phi) is 4.13. The lowest BCUT2D eigenvalue weighted by molar-refractivity contribution is 0.373. The van der Waals surface area contributed by atoms with Gasteiger partial charge in [0.1, 0.15) is 0 Å². The molecule has 0 bridgehead atoms. The molecule has 0 atom stereocenters. The lowest BCUT2D eigenvalue weighted by Crippen LogP contribution is -2.09. The number of benzene rings is 1. The second-order valence-electron chi connectivity index (χ2n) is 4.49. The van der Waals surface area contributed by atoms with Gasteiger partial charge in [0.05, 0.1) is 13.2 Å². The molecular formula is C16H15NO2S2. The van der Waals surface area contributed by atoms with E-state index in [1.165, 1.54) is 9.75 Å². The highest BCUT2D eigenvalue weighted by Crippen LogP contribution is 2.35. The van der Waals surface area contributed by atoms with Gasteiger partial charge in [-0.15, -0.1) is 22.7 Å². The monoisotopic (exact) mass is 317 g/mol. The van der Waals surface area contributed by atoms with Crippen molar-refractivity contribution < 1.29 is 9.84 Å². The van der Waals surface area contributed by atoms with Crippen LogP contribution in [0.15, 0.2) is 53.2 Å². The highest BCUT2D eigenvalue weighted by Gasteiger charge is 2.16. The average molecular weight is 317 g/mol. The first-order valence-corrected chi connectivity index (χ1v) is 8.24. The fourth-order valence-electron chi connectivity index (χ4n) is 2.14. The van der Waals surface area contributed by atoms with Gasteiger partial charge in [-0.2, -0.15) is 0 Å². The minimum Gasteiger partial charge on any atom is -0.504 e. The number of rotatable bonds is 5. The zero-order valence-corrected chi connectivity index (χ0v) is 13.1. The molecule has 0 saturated heterocycles. The van der Waals surface area contributed by atoms with E-state index in [2.05, 4.69) is 28.2 Å². The third kappa shape index (κ3) is 3.04. The molecule has 2 heterocycles. The number of methoxy groups -OCH3 is 1. The van der Waals surface area contributed by atoms with Gasteiger partial charge in [0.15, 0.2) is 11.5 Å². The van der Waals surface area contributed by atoms with Gasteiger partial charge in [0.2, 0.25) is 0 Å². The topological polar surface area (TPSA) is 41.5 Å². The molecule has 0 aliphatic carbocycles. The highest BCUT2D eigenvalue weighted by molar-refractivity contribution is 7.11. The highest BCUT2D eigenvalue weighted by atomic mass is 32.1. The fraction of sp³-hybridized carbons (Fsp3) is 0.125. The first-order valence-electron chi connectivity index (χ1n) is 6.48. The van der Waals surface area contributed by atoms with Gasteiger partial charge >= 0.3 is 0 Å². The number of phenols is 1. The predicted octanol–water partition coefficient (Wildman–Crippen LogP) is 4.73.